The van der Waals surface area contributed by atoms with Crippen molar-refractivity contribution < 1.29 is 35.9 Å². The van der Waals surface area contributed by atoms with Crippen LogP contribution in [0.4, 0.5) is 26.3 Å². The average Bonchev–Trinajstić information content (AvgIpc) is 2.65. The van der Waals surface area contributed by atoms with Crippen LogP contribution >= 0.6 is 0 Å². The first kappa shape index (κ1) is 20.4. The molecule has 142 valence electrons. The lowest BCUT2D eigenvalue weighted by atomic mass is 9.80. The number of nitrogens with zero attached hydrogens (tertiary/aromatic N) is 2. The Balaban J connectivity index is 2.65. The minimum absolute atomic E-state index is 0.0824. The van der Waals surface area contributed by atoms with Gasteiger partial charge in [0.2, 0.25) is 23.7 Å². The molecule has 0 radical (unpaired) electrons. The SMILES string of the molecule is CC(CC1(F)C(F)=C(F)C(F)=C(F)C1(F)N=C=O)=C1C=CC=CC1N=C=O. The molecule has 27 heavy (non-hydrogen) atoms. The summed E-state index contributed by atoms with van der Waals surface area (Å²) in [5.74, 6) is -15.1. The van der Waals surface area contributed by atoms with Gasteiger partial charge in [0.1, 0.15) is 6.04 Å². The van der Waals surface area contributed by atoms with E-state index in [1.807, 2.05) is 0 Å². The van der Waals surface area contributed by atoms with Crippen LogP contribution in [-0.2, 0) is 9.59 Å². The van der Waals surface area contributed by atoms with Gasteiger partial charge in [-0.3, -0.25) is 0 Å². The van der Waals surface area contributed by atoms with Crippen LogP contribution in [0.1, 0.15) is 13.3 Å². The highest BCUT2D eigenvalue weighted by atomic mass is 19.2. The van der Waals surface area contributed by atoms with Crippen LogP contribution in [0.2, 0.25) is 0 Å². The summed E-state index contributed by atoms with van der Waals surface area (Å²) in [5.41, 5.74) is -4.32. The topological polar surface area (TPSA) is 58.9 Å². The number of aliphatic imine (C=N–C) groups is 2. The Morgan fingerprint density at radius 3 is 2.30 bits per heavy atom. The molecule has 0 aromatic heterocycles. The van der Waals surface area contributed by atoms with Gasteiger partial charge in [-0.15, -0.1) is 0 Å². The van der Waals surface area contributed by atoms with Crippen molar-refractivity contribution in [2.24, 2.45) is 9.98 Å². The Labute approximate surface area is 148 Å². The molecule has 0 heterocycles. The Bertz CT molecular complexity index is 922. The highest BCUT2D eigenvalue weighted by Crippen LogP contribution is 2.54. The highest BCUT2D eigenvalue weighted by molar-refractivity contribution is 5.50. The van der Waals surface area contributed by atoms with Gasteiger partial charge in [0.25, 0.3) is 0 Å². The predicted octanol–water partition coefficient (Wildman–Crippen LogP) is 4.55. The van der Waals surface area contributed by atoms with Crippen LogP contribution in [0.15, 0.2) is 68.7 Å². The summed E-state index contributed by atoms with van der Waals surface area (Å²) in [7, 11) is 0. The zero-order valence-electron chi connectivity index (χ0n) is 13.6. The molecule has 0 N–H and O–H groups in total. The molecule has 4 nitrogen and oxygen atoms in total. The lowest BCUT2D eigenvalue weighted by Crippen LogP contribution is -2.50. The third kappa shape index (κ3) is 3.13. The van der Waals surface area contributed by atoms with E-state index >= 15 is 4.39 Å². The van der Waals surface area contributed by atoms with Crippen molar-refractivity contribution in [1.29, 1.82) is 0 Å². The molecule has 0 saturated carbocycles. The molecule has 0 aliphatic heterocycles. The summed E-state index contributed by atoms with van der Waals surface area (Å²) in [6.07, 6.45) is 5.98. The van der Waals surface area contributed by atoms with Crippen LogP contribution in [0.3, 0.4) is 0 Å². The first-order chi connectivity index (χ1) is 12.6. The standard InChI is InChI=1S/C17H10F6N2O2/c1-9(10-4-2-3-5-11(10)24-7-26)6-16(22)14(20)12(18)13(19)15(21)17(16,23)25-8-27/h2-5,11H,6H2,1H3. The number of hydrogen-bond donors (Lipinski definition) is 0. The first-order valence-corrected chi connectivity index (χ1v) is 7.34. The van der Waals surface area contributed by atoms with Crippen LogP contribution in [0, 0.1) is 0 Å². The monoisotopic (exact) mass is 388 g/mol. The van der Waals surface area contributed by atoms with E-state index in [0.717, 1.165) is 6.92 Å². The Morgan fingerprint density at radius 1 is 1.07 bits per heavy atom. The van der Waals surface area contributed by atoms with Gasteiger partial charge in [-0.25, -0.2) is 35.9 Å². The van der Waals surface area contributed by atoms with Crippen LogP contribution in [-0.4, -0.2) is 29.7 Å². The van der Waals surface area contributed by atoms with Crippen molar-refractivity contribution in [1.82, 2.24) is 0 Å². The summed E-state index contributed by atoms with van der Waals surface area (Å²) < 4.78 is 85.0. The second-order valence-electron chi connectivity index (χ2n) is 5.70. The number of allylic oxidation sites excluding steroid dienone is 5. The molecule has 0 fully saturated rings. The lowest BCUT2D eigenvalue weighted by molar-refractivity contribution is -0.0212. The molecule has 0 spiro atoms. The fraction of sp³-hybridized carbons (Fsp3) is 0.294. The van der Waals surface area contributed by atoms with E-state index in [1.54, 1.807) is 0 Å². The zero-order valence-corrected chi connectivity index (χ0v) is 13.6. The van der Waals surface area contributed by atoms with E-state index in [9.17, 15) is 31.5 Å². The third-order valence-corrected chi connectivity index (χ3v) is 4.13. The number of carbonyl (C=O) groups excluding carboxylic acids is 2. The van der Waals surface area contributed by atoms with Crippen molar-refractivity contribution in [2.75, 3.05) is 0 Å². The summed E-state index contributed by atoms with van der Waals surface area (Å²) in [6, 6.07) is -0.989. The van der Waals surface area contributed by atoms with E-state index < -0.39 is 47.2 Å². The molecular weight excluding hydrogens is 378 g/mol. The number of alkyl halides is 2. The molecule has 0 amide bonds. The molecule has 10 heteroatoms. The normalized spacial score (nSPS) is 32.2. The Hall–Kier alpha value is -2.96. The molecule has 0 saturated heterocycles. The molecule has 2 aliphatic rings. The van der Waals surface area contributed by atoms with Crippen molar-refractivity contribution in [3.05, 3.63) is 58.8 Å². The molecule has 3 atom stereocenters. The average molecular weight is 388 g/mol. The zero-order chi connectivity index (χ0) is 20.4. The van der Waals surface area contributed by atoms with Crippen molar-refractivity contribution in [2.45, 2.75) is 30.8 Å². The molecule has 0 bridgehead atoms. The molecular formula is C17H10F6N2O2. The summed E-state index contributed by atoms with van der Waals surface area (Å²) in [5, 5.41) is 0. The fourth-order valence-corrected chi connectivity index (χ4v) is 2.79. The smallest absolute Gasteiger partial charge is 0.229 e. The van der Waals surface area contributed by atoms with E-state index in [1.165, 1.54) is 30.4 Å². The number of isocyanates is 2. The maximum absolute atomic E-state index is 15.2. The Morgan fingerprint density at radius 2 is 1.70 bits per heavy atom. The van der Waals surface area contributed by atoms with E-state index in [-0.39, 0.29) is 11.1 Å². The predicted molar refractivity (Wildman–Crippen MR) is 81.8 cm³/mol. The number of halogens is 6. The van der Waals surface area contributed by atoms with Gasteiger partial charge in [0.15, 0.2) is 17.5 Å². The minimum Gasteiger partial charge on any atom is -0.229 e. The van der Waals surface area contributed by atoms with E-state index in [2.05, 4.69) is 9.98 Å². The van der Waals surface area contributed by atoms with Gasteiger partial charge in [0, 0.05) is 6.42 Å². The van der Waals surface area contributed by atoms with Gasteiger partial charge < -0.3 is 0 Å². The maximum atomic E-state index is 15.2. The third-order valence-electron chi connectivity index (χ3n) is 4.13. The van der Waals surface area contributed by atoms with Crippen molar-refractivity contribution >= 4 is 12.2 Å². The second-order valence-corrected chi connectivity index (χ2v) is 5.70. The minimum atomic E-state index is -4.50. The van der Waals surface area contributed by atoms with Crippen LogP contribution in [0.25, 0.3) is 0 Å². The van der Waals surface area contributed by atoms with Gasteiger partial charge in [0.05, 0.1) is 0 Å². The largest absolute Gasteiger partial charge is 0.305 e. The van der Waals surface area contributed by atoms with Gasteiger partial charge in [-0.2, -0.15) is 9.98 Å². The number of rotatable bonds is 4. The maximum Gasteiger partial charge on any atom is 0.305 e. The fourth-order valence-electron chi connectivity index (χ4n) is 2.79. The second kappa shape index (κ2) is 7.34. The van der Waals surface area contributed by atoms with E-state index in [4.69, 9.17) is 0 Å². The number of hydrogen-bond acceptors (Lipinski definition) is 4. The summed E-state index contributed by atoms with van der Waals surface area (Å²) >= 11 is 0. The molecule has 0 aromatic carbocycles. The molecule has 2 aliphatic carbocycles. The lowest BCUT2D eigenvalue weighted by Gasteiger charge is -2.36. The first-order valence-electron chi connectivity index (χ1n) is 7.34. The Kier molecular flexibility index (Phi) is 5.54. The van der Waals surface area contributed by atoms with Crippen LogP contribution < -0.4 is 0 Å². The van der Waals surface area contributed by atoms with Crippen LogP contribution in [0.5, 0.6) is 0 Å². The molecule has 3 unspecified atom stereocenters. The van der Waals surface area contributed by atoms with Crippen molar-refractivity contribution in [3.63, 3.8) is 0 Å². The quantitative estimate of drug-likeness (QED) is 0.307. The summed E-state index contributed by atoms with van der Waals surface area (Å²) in [4.78, 5) is 26.5. The summed E-state index contributed by atoms with van der Waals surface area (Å²) in [6.45, 7) is 1.15. The molecule has 2 rings (SSSR count). The van der Waals surface area contributed by atoms with Gasteiger partial charge >= 0.3 is 5.79 Å². The molecule has 0 aromatic rings. The van der Waals surface area contributed by atoms with Crippen molar-refractivity contribution in [3.8, 4) is 0 Å². The van der Waals surface area contributed by atoms with Gasteiger partial charge in [-0.05, 0) is 12.5 Å². The van der Waals surface area contributed by atoms with Gasteiger partial charge in [-0.1, -0.05) is 29.9 Å². The highest BCUT2D eigenvalue weighted by Gasteiger charge is 2.66. The van der Waals surface area contributed by atoms with E-state index in [0.29, 0.717) is 6.08 Å².